The first kappa shape index (κ1) is 26.7. The van der Waals surface area contributed by atoms with Gasteiger partial charge in [-0.05, 0) is 69.0 Å². The second-order valence-electron chi connectivity index (χ2n) is 8.26. The molecule has 33 heavy (non-hydrogen) atoms. The number of phenols is 1. The number of hydrogen-bond acceptors (Lipinski definition) is 6. The highest BCUT2D eigenvalue weighted by atomic mass is 32.2. The van der Waals surface area contributed by atoms with E-state index in [0.717, 1.165) is 18.4 Å². The number of nitrogens with two attached hydrogens (primary N) is 1. The van der Waals surface area contributed by atoms with Gasteiger partial charge in [-0.3, -0.25) is 24.0 Å². The van der Waals surface area contributed by atoms with Crippen LogP contribution in [-0.4, -0.2) is 63.2 Å². The molecule has 0 saturated carbocycles. The summed E-state index contributed by atoms with van der Waals surface area (Å²) in [6.07, 6.45) is 4.40. The Morgan fingerprint density at radius 2 is 1.64 bits per heavy atom. The summed E-state index contributed by atoms with van der Waals surface area (Å²) in [5, 5.41) is 11.8. The third kappa shape index (κ3) is 9.86. The van der Waals surface area contributed by atoms with Gasteiger partial charge < -0.3 is 10.8 Å². The van der Waals surface area contributed by atoms with E-state index in [1.165, 1.54) is 17.7 Å². The van der Waals surface area contributed by atoms with Crippen molar-refractivity contribution in [1.29, 1.82) is 0 Å². The molecule has 180 valence electrons. The van der Waals surface area contributed by atoms with Gasteiger partial charge in [-0.25, -0.2) is 0 Å². The molecule has 0 radical (unpaired) electrons. The van der Waals surface area contributed by atoms with Crippen LogP contribution in [0.4, 0.5) is 0 Å². The molecule has 0 aromatic heterocycles. The summed E-state index contributed by atoms with van der Waals surface area (Å²) in [4.78, 5) is 27.3. The number of carbonyl (C=O) groups is 2. The van der Waals surface area contributed by atoms with Gasteiger partial charge in [-0.2, -0.15) is 0 Å². The van der Waals surface area contributed by atoms with Gasteiger partial charge in [0, 0.05) is 22.8 Å². The first-order valence-electron chi connectivity index (χ1n) is 11.2. The van der Waals surface area contributed by atoms with Gasteiger partial charge in [-0.1, -0.05) is 42.5 Å². The van der Waals surface area contributed by atoms with E-state index >= 15 is 0 Å². The SMILES string of the molecule is C[C@H](C(=O)NC(=O)[C@@H](N)Cc1ccc(O)cc1)N(CCCc1ccccc1)CCCS(C)=O. The van der Waals surface area contributed by atoms with Crippen LogP contribution < -0.4 is 11.1 Å². The van der Waals surface area contributed by atoms with Crippen LogP contribution in [0.5, 0.6) is 5.75 Å². The second kappa shape index (κ2) is 13.9. The predicted molar refractivity (Wildman–Crippen MR) is 132 cm³/mol. The van der Waals surface area contributed by atoms with Crippen LogP contribution in [0.15, 0.2) is 54.6 Å². The molecule has 7 nitrogen and oxygen atoms in total. The fourth-order valence-corrected chi connectivity index (χ4v) is 4.10. The topological polar surface area (TPSA) is 113 Å². The molecule has 1 unspecified atom stereocenters. The number of nitrogens with one attached hydrogen (secondary N) is 1. The van der Waals surface area contributed by atoms with Crippen LogP contribution in [0, 0.1) is 0 Å². The van der Waals surface area contributed by atoms with E-state index in [-0.39, 0.29) is 12.2 Å². The lowest BCUT2D eigenvalue weighted by Crippen LogP contribution is -2.52. The lowest BCUT2D eigenvalue weighted by molar-refractivity contribution is -0.134. The predicted octanol–water partition coefficient (Wildman–Crippen LogP) is 2.00. The van der Waals surface area contributed by atoms with Crippen molar-refractivity contribution < 1.29 is 18.9 Å². The fraction of sp³-hybridized carbons (Fsp3) is 0.440. The number of nitrogens with zero attached hydrogens (tertiary/aromatic N) is 1. The number of phenolic OH excluding ortho intramolecular Hbond substituents is 1. The van der Waals surface area contributed by atoms with E-state index in [0.29, 0.717) is 25.3 Å². The van der Waals surface area contributed by atoms with E-state index in [2.05, 4.69) is 17.4 Å². The van der Waals surface area contributed by atoms with Crippen LogP contribution in [0.3, 0.4) is 0 Å². The summed E-state index contributed by atoms with van der Waals surface area (Å²) in [5.41, 5.74) is 8.03. The third-order valence-electron chi connectivity index (χ3n) is 5.53. The highest BCUT2D eigenvalue weighted by Crippen LogP contribution is 2.11. The van der Waals surface area contributed by atoms with Crippen LogP contribution >= 0.6 is 0 Å². The molecule has 0 aliphatic carbocycles. The highest BCUT2D eigenvalue weighted by molar-refractivity contribution is 7.84. The van der Waals surface area contributed by atoms with Crippen molar-refractivity contribution in [3.05, 3.63) is 65.7 Å². The quantitative estimate of drug-likeness (QED) is 0.410. The molecule has 4 N–H and O–H groups in total. The van der Waals surface area contributed by atoms with Crippen molar-refractivity contribution in [2.24, 2.45) is 5.73 Å². The minimum atomic E-state index is -0.891. The fourth-order valence-electron chi connectivity index (χ4n) is 3.56. The Bertz CT molecular complexity index is 906. The Balaban J connectivity index is 1.91. The Hall–Kier alpha value is -2.55. The number of benzene rings is 2. The third-order valence-corrected chi connectivity index (χ3v) is 6.40. The van der Waals surface area contributed by atoms with E-state index in [9.17, 15) is 18.9 Å². The molecule has 3 atom stereocenters. The first-order chi connectivity index (χ1) is 15.8. The molecule has 2 aromatic rings. The van der Waals surface area contributed by atoms with Gasteiger partial charge >= 0.3 is 0 Å². The van der Waals surface area contributed by atoms with E-state index in [4.69, 9.17) is 5.73 Å². The minimum Gasteiger partial charge on any atom is -0.508 e. The van der Waals surface area contributed by atoms with Gasteiger partial charge in [0.1, 0.15) is 5.75 Å². The summed E-state index contributed by atoms with van der Waals surface area (Å²) >= 11 is 0. The summed E-state index contributed by atoms with van der Waals surface area (Å²) in [7, 11) is -0.891. The molecule has 2 amide bonds. The highest BCUT2D eigenvalue weighted by Gasteiger charge is 2.25. The summed E-state index contributed by atoms with van der Waals surface area (Å²) in [6, 6.07) is 15.2. The van der Waals surface area contributed by atoms with Crippen molar-refractivity contribution >= 4 is 22.6 Å². The summed E-state index contributed by atoms with van der Waals surface area (Å²) in [6.45, 7) is 3.09. The lowest BCUT2D eigenvalue weighted by atomic mass is 10.1. The molecule has 0 spiro atoms. The Labute approximate surface area is 198 Å². The monoisotopic (exact) mass is 473 g/mol. The van der Waals surface area contributed by atoms with Crippen LogP contribution in [0.2, 0.25) is 0 Å². The zero-order chi connectivity index (χ0) is 24.2. The first-order valence-corrected chi connectivity index (χ1v) is 12.9. The van der Waals surface area contributed by atoms with Crippen molar-refractivity contribution in [3.8, 4) is 5.75 Å². The van der Waals surface area contributed by atoms with E-state index in [1.807, 2.05) is 23.1 Å². The number of imide groups is 1. The van der Waals surface area contributed by atoms with Crippen molar-refractivity contribution in [2.45, 2.75) is 44.7 Å². The van der Waals surface area contributed by atoms with Gasteiger partial charge in [-0.15, -0.1) is 0 Å². The molecule has 0 saturated heterocycles. The van der Waals surface area contributed by atoms with E-state index in [1.54, 1.807) is 25.3 Å². The average molecular weight is 474 g/mol. The van der Waals surface area contributed by atoms with Crippen molar-refractivity contribution in [2.75, 3.05) is 25.1 Å². The molecule has 8 heteroatoms. The maximum absolute atomic E-state index is 12.8. The molecule has 0 bridgehead atoms. The average Bonchev–Trinajstić information content (AvgIpc) is 2.79. The molecule has 2 aromatic carbocycles. The summed E-state index contributed by atoms with van der Waals surface area (Å²) < 4.78 is 11.5. The van der Waals surface area contributed by atoms with Gasteiger partial charge in [0.2, 0.25) is 11.8 Å². The Morgan fingerprint density at radius 3 is 2.27 bits per heavy atom. The molecular formula is C25H35N3O4S. The van der Waals surface area contributed by atoms with Crippen LogP contribution in [-0.2, 0) is 33.2 Å². The van der Waals surface area contributed by atoms with Crippen LogP contribution in [0.1, 0.15) is 30.9 Å². The molecule has 2 rings (SSSR count). The van der Waals surface area contributed by atoms with Gasteiger partial charge in [0.25, 0.3) is 0 Å². The number of aryl methyl sites for hydroxylation is 1. The number of rotatable bonds is 13. The normalized spacial score (nSPS) is 13.9. The molecular weight excluding hydrogens is 438 g/mol. The lowest BCUT2D eigenvalue weighted by Gasteiger charge is -2.28. The largest absolute Gasteiger partial charge is 0.508 e. The zero-order valence-corrected chi connectivity index (χ0v) is 20.2. The number of amides is 2. The van der Waals surface area contributed by atoms with E-state index < -0.39 is 34.7 Å². The number of aromatic hydroxyl groups is 1. The zero-order valence-electron chi connectivity index (χ0n) is 19.4. The number of hydrogen-bond donors (Lipinski definition) is 3. The molecule has 0 heterocycles. The molecule has 0 aliphatic rings. The smallest absolute Gasteiger partial charge is 0.243 e. The Kier molecular flexibility index (Phi) is 11.2. The standard InChI is InChI=1S/C25H35N3O4S/c1-19(24(30)27-25(31)23(26)18-21-11-13-22(29)14-12-21)28(16-7-17-33(2)32)15-6-10-20-8-4-3-5-9-20/h3-5,8-9,11-14,19,23,29H,6-7,10,15-18,26H2,1-2H3,(H,27,30,31)/t19-,23+,33?/m1/s1. The minimum absolute atomic E-state index is 0.139. The maximum atomic E-state index is 12.8. The van der Waals surface area contributed by atoms with Crippen molar-refractivity contribution in [1.82, 2.24) is 10.2 Å². The molecule has 0 fully saturated rings. The Morgan fingerprint density at radius 1 is 1.00 bits per heavy atom. The molecule has 0 aliphatic heterocycles. The van der Waals surface area contributed by atoms with Crippen LogP contribution in [0.25, 0.3) is 0 Å². The van der Waals surface area contributed by atoms with Gasteiger partial charge in [0.15, 0.2) is 0 Å². The number of carbonyl (C=O) groups excluding carboxylic acids is 2. The maximum Gasteiger partial charge on any atom is 0.243 e. The van der Waals surface area contributed by atoms with Crippen molar-refractivity contribution in [3.63, 3.8) is 0 Å². The summed E-state index contributed by atoms with van der Waals surface area (Å²) in [5.74, 6) is -0.211. The van der Waals surface area contributed by atoms with Gasteiger partial charge in [0.05, 0.1) is 12.1 Å². The second-order valence-corrected chi connectivity index (χ2v) is 9.82.